The molecule has 0 saturated heterocycles. The van der Waals surface area contributed by atoms with Crippen molar-refractivity contribution in [1.82, 2.24) is 4.31 Å². The molecular formula is C17H23NO3S. The molecule has 22 heavy (non-hydrogen) atoms. The Morgan fingerprint density at radius 3 is 2.59 bits per heavy atom. The molecule has 2 rings (SSSR count). The van der Waals surface area contributed by atoms with Crippen LogP contribution in [0, 0.1) is 6.92 Å². The fourth-order valence-electron chi connectivity index (χ4n) is 2.26. The van der Waals surface area contributed by atoms with Gasteiger partial charge in [-0.3, -0.25) is 0 Å². The van der Waals surface area contributed by atoms with Gasteiger partial charge in [-0.05, 0) is 38.0 Å². The molecule has 0 aromatic heterocycles. The molecule has 120 valence electrons. The van der Waals surface area contributed by atoms with E-state index in [9.17, 15) is 8.42 Å². The lowest BCUT2D eigenvalue weighted by atomic mass is 10.1. The molecule has 5 heteroatoms. The van der Waals surface area contributed by atoms with Crippen molar-refractivity contribution < 1.29 is 13.2 Å². The second-order valence-electron chi connectivity index (χ2n) is 5.59. The van der Waals surface area contributed by atoms with Gasteiger partial charge in [-0.15, -0.1) is 0 Å². The third-order valence-corrected chi connectivity index (χ3v) is 5.58. The molecular weight excluding hydrogens is 298 g/mol. The lowest BCUT2D eigenvalue weighted by Gasteiger charge is -2.20. The van der Waals surface area contributed by atoms with Gasteiger partial charge in [0.2, 0.25) is 10.0 Å². The zero-order chi connectivity index (χ0) is 16.2. The maximum atomic E-state index is 12.8. The van der Waals surface area contributed by atoms with E-state index in [1.54, 1.807) is 12.1 Å². The van der Waals surface area contributed by atoms with Crippen molar-refractivity contribution in [1.29, 1.82) is 0 Å². The number of benzene rings is 1. The van der Waals surface area contributed by atoms with Gasteiger partial charge >= 0.3 is 0 Å². The van der Waals surface area contributed by atoms with E-state index in [2.05, 4.69) is 6.58 Å². The molecule has 4 nitrogen and oxygen atoms in total. The second-order valence-corrected chi connectivity index (χ2v) is 7.53. The molecule has 0 radical (unpaired) electrons. The molecule has 0 aliphatic carbocycles. The van der Waals surface area contributed by atoms with Gasteiger partial charge in [-0.1, -0.05) is 35.9 Å². The van der Waals surface area contributed by atoms with E-state index >= 15 is 0 Å². The van der Waals surface area contributed by atoms with Crippen LogP contribution in [0.4, 0.5) is 0 Å². The monoisotopic (exact) mass is 321 g/mol. The van der Waals surface area contributed by atoms with Crippen molar-refractivity contribution in [3.8, 4) is 0 Å². The van der Waals surface area contributed by atoms with E-state index in [1.165, 1.54) is 4.31 Å². The molecule has 0 spiro atoms. The molecule has 0 unspecified atom stereocenters. The number of nitrogens with zero attached hydrogens (tertiary/aromatic N) is 1. The zero-order valence-corrected chi connectivity index (χ0v) is 14.0. The van der Waals surface area contributed by atoms with E-state index in [4.69, 9.17) is 4.74 Å². The first-order valence-electron chi connectivity index (χ1n) is 7.41. The quantitative estimate of drug-likeness (QED) is 0.860. The van der Waals surface area contributed by atoms with Gasteiger partial charge in [0.1, 0.15) is 0 Å². The predicted octanol–water partition coefficient (Wildman–Crippen LogP) is 2.91. The van der Waals surface area contributed by atoms with Crippen LogP contribution >= 0.6 is 0 Å². The number of rotatable bonds is 3. The largest absolute Gasteiger partial charge is 0.377 e. The Morgan fingerprint density at radius 1 is 1.27 bits per heavy atom. The van der Waals surface area contributed by atoms with Gasteiger partial charge in [-0.25, -0.2) is 8.42 Å². The van der Waals surface area contributed by atoms with Crippen LogP contribution in [0.1, 0.15) is 18.9 Å². The number of aryl methyl sites for hydroxylation is 1. The van der Waals surface area contributed by atoms with Gasteiger partial charge in [0.25, 0.3) is 0 Å². The third kappa shape index (κ3) is 4.06. The molecule has 1 aromatic rings. The van der Waals surface area contributed by atoms with Crippen molar-refractivity contribution in [2.24, 2.45) is 0 Å². The van der Waals surface area contributed by atoms with Crippen molar-refractivity contribution in [3.05, 3.63) is 53.6 Å². The first-order valence-corrected chi connectivity index (χ1v) is 8.85. The molecule has 0 fully saturated rings. The zero-order valence-electron chi connectivity index (χ0n) is 13.2. The summed E-state index contributed by atoms with van der Waals surface area (Å²) in [6.07, 6.45) is 2.59. The van der Waals surface area contributed by atoms with Gasteiger partial charge < -0.3 is 4.74 Å². The molecule has 0 bridgehead atoms. The Balaban J connectivity index is 2.29. The highest BCUT2D eigenvalue weighted by atomic mass is 32.2. The molecule has 1 heterocycles. The van der Waals surface area contributed by atoms with E-state index in [1.807, 2.05) is 32.1 Å². The number of sulfonamides is 1. The molecule has 0 N–H and O–H groups in total. The topological polar surface area (TPSA) is 46.6 Å². The van der Waals surface area contributed by atoms with E-state index < -0.39 is 10.0 Å². The highest BCUT2D eigenvalue weighted by Crippen LogP contribution is 2.19. The predicted molar refractivity (Wildman–Crippen MR) is 88.3 cm³/mol. The third-order valence-electron chi connectivity index (χ3n) is 3.70. The fourth-order valence-corrected chi connectivity index (χ4v) is 3.68. The van der Waals surface area contributed by atoms with Crippen LogP contribution in [-0.2, 0) is 14.8 Å². The maximum Gasteiger partial charge on any atom is 0.243 e. The minimum atomic E-state index is -3.48. The first-order chi connectivity index (χ1) is 10.4. The molecule has 0 atom stereocenters. The lowest BCUT2D eigenvalue weighted by molar-refractivity contribution is 0.152. The van der Waals surface area contributed by atoms with E-state index in [0.717, 1.165) is 16.7 Å². The summed E-state index contributed by atoms with van der Waals surface area (Å²) < 4.78 is 32.6. The molecule has 0 amide bonds. The Labute approximate surface area is 133 Å². The minimum absolute atomic E-state index is 0.337. The highest BCUT2D eigenvalue weighted by Gasteiger charge is 2.23. The maximum absolute atomic E-state index is 12.8. The summed E-state index contributed by atoms with van der Waals surface area (Å²) in [7, 11) is -3.48. The Hall–Kier alpha value is -1.43. The van der Waals surface area contributed by atoms with Gasteiger partial charge in [-0.2, -0.15) is 4.31 Å². The van der Waals surface area contributed by atoms with Crippen LogP contribution in [-0.4, -0.2) is 39.0 Å². The normalized spacial score (nSPS) is 20.4. The number of hydrogen-bond donors (Lipinski definition) is 0. The highest BCUT2D eigenvalue weighted by molar-refractivity contribution is 7.89. The van der Waals surface area contributed by atoms with Crippen LogP contribution < -0.4 is 0 Å². The van der Waals surface area contributed by atoms with Gasteiger partial charge in [0.05, 0.1) is 11.5 Å². The SMILES string of the molecule is C=C(C)/C1=C/CN(S(=O)(=O)c2ccc(C)cc2)CCCOC1. The summed E-state index contributed by atoms with van der Waals surface area (Å²) in [6.45, 7) is 9.61. The van der Waals surface area contributed by atoms with E-state index in [0.29, 0.717) is 37.6 Å². The average Bonchev–Trinajstić information content (AvgIpc) is 2.59. The molecule has 1 aromatic carbocycles. The molecule has 0 saturated carbocycles. The summed E-state index contributed by atoms with van der Waals surface area (Å²) in [5.41, 5.74) is 2.92. The minimum Gasteiger partial charge on any atom is -0.377 e. The van der Waals surface area contributed by atoms with Crippen LogP contribution in [0.15, 0.2) is 53.0 Å². The Morgan fingerprint density at radius 2 is 1.95 bits per heavy atom. The van der Waals surface area contributed by atoms with Gasteiger partial charge in [0.15, 0.2) is 0 Å². The van der Waals surface area contributed by atoms with Gasteiger partial charge in [0, 0.05) is 19.7 Å². The van der Waals surface area contributed by atoms with Crippen molar-refractivity contribution >= 4 is 10.0 Å². The van der Waals surface area contributed by atoms with Crippen molar-refractivity contribution in [3.63, 3.8) is 0 Å². The summed E-state index contributed by atoms with van der Waals surface area (Å²) in [6, 6.07) is 6.97. The lowest BCUT2D eigenvalue weighted by Crippen LogP contribution is -2.32. The van der Waals surface area contributed by atoms with E-state index in [-0.39, 0.29) is 0 Å². The average molecular weight is 321 g/mol. The summed E-state index contributed by atoms with van der Waals surface area (Å²) >= 11 is 0. The van der Waals surface area contributed by atoms with Crippen molar-refractivity contribution in [2.75, 3.05) is 26.3 Å². The number of ether oxygens (including phenoxy) is 1. The van der Waals surface area contributed by atoms with Crippen molar-refractivity contribution in [2.45, 2.75) is 25.2 Å². The smallest absolute Gasteiger partial charge is 0.243 e. The second kappa shape index (κ2) is 7.22. The first kappa shape index (κ1) is 16.9. The molecule has 1 aliphatic heterocycles. The van der Waals surface area contributed by atoms with Crippen LogP contribution in [0.25, 0.3) is 0 Å². The summed E-state index contributed by atoms with van der Waals surface area (Å²) in [4.78, 5) is 0.337. The standard InChI is InChI=1S/C17H23NO3S/c1-14(2)16-9-11-18(10-4-12-21-13-16)22(19,20)17-7-5-15(3)6-8-17/h5-9H,1,4,10-13H2,2-3H3/b16-9+. The summed E-state index contributed by atoms with van der Waals surface area (Å²) in [5.74, 6) is 0. The van der Waals surface area contributed by atoms with Crippen LogP contribution in [0.2, 0.25) is 0 Å². The van der Waals surface area contributed by atoms with Crippen LogP contribution in [0.3, 0.4) is 0 Å². The van der Waals surface area contributed by atoms with Crippen LogP contribution in [0.5, 0.6) is 0 Å². The Bertz CT molecular complexity index is 660. The molecule has 1 aliphatic rings. The Kier molecular flexibility index (Phi) is 5.56. The summed E-state index contributed by atoms with van der Waals surface area (Å²) in [5, 5.41) is 0. The fraction of sp³-hybridized carbons (Fsp3) is 0.412. The number of hydrogen-bond acceptors (Lipinski definition) is 3.